The number of carbonyl (C=O) groups excluding carboxylic acids is 2. The Balaban J connectivity index is 2.47. The molecule has 1 fully saturated rings. The van der Waals surface area contributed by atoms with E-state index in [4.69, 9.17) is 18.5 Å². The maximum Gasteiger partial charge on any atom is 0.306 e. The first kappa shape index (κ1) is 52.6. The van der Waals surface area contributed by atoms with Crippen molar-refractivity contribution in [2.45, 2.75) is 192 Å². The first-order valence-electron chi connectivity index (χ1n) is 22.2. The SMILES string of the molecule is CCCCCCCCCCCCCCC(=O)O[C@H](COC(=O)CCCCCC[C@@H]1[C@@H](/C=C/[C@@H](O)CCCCC)[C@H](O)C[C@@H]1O)COP(=O)([O-])OCC[N+](C)(C)C. The van der Waals surface area contributed by atoms with Gasteiger partial charge in [0.15, 0.2) is 6.10 Å². The second kappa shape index (κ2) is 31.5. The van der Waals surface area contributed by atoms with Crippen molar-refractivity contribution in [3.8, 4) is 0 Å². The minimum atomic E-state index is -4.67. The van der Waals surface area contributed by atoms with E-state index >= 15 is 0 Å². The Morgan fingerprint density at radius 2 is 1.29 bits per heavy atom. The largest absolute Gasteiger partial charge is 0.756 e. The topological polar surface area (TPSA) is 172 Å². The van der Waals surface area contributed by atoms with Crippen molar-refractivity contribution in [3.63, 3.8) is 0 Å². The van der Waals surface area contributed by atoms with Gasteiger partial charge >= 0.3 is 11.9 Å². The van der Waals surface area contributed by atoms with Crippen molar-refractivity contribution < 1.29 is 57.4 Å². The number of quaternary nitrogens is 1. The number of phosphoric ester groups is 1. The summed E-state index contributed by atoms with van der Waals surface area (Å²) < 4.78 is 33.9. The van der Waals surface area contributed by atoms with E-state index in [1.54, 1.807) is 6.08 Å². The predicted octanol–water partition coefficient (Wildman–Crippen LogP) is 7.94. The minimum Gasteiger partial charge on any atom is -0.756 e. The molecular weight excluding hydrogens is 737 g/mol. The number of likely N-dealkylation sites (N-methyl/N-ethyl adjacent to an activating group) is 1. The van der Waals surface area contributed by atoms with E-state index in [-0.39, 0.29) is 37.9 Å². The highest BCUT2D eigenvalue weighted by atomic mass is 31.2. The van der Waals surface area contributed by atoms with E-state index in [0.29, 0.717) is 36.7 Å². The van der Waals surface area contributed by atoms with Gasteiger partial charge in [-0.1, -0.05) is 135 Å². The maximum atomic E-state index is 12.7. The maximum absolute atomic E-state index is 12.7. The van der Waals surface area contributed by atoms with Gasteiger partial charge in [0.25, 0.3) is 7.82 Å². The van der Waals surface area contributed by atoms with Crippen LogP contribution in [0, 0.1) is 11.8 Å². The molecule has 1 saturated carbocycles. The number of hydrogen-bond donors (Lipinski definition) is 3. The zero-order valence-electron chi connectivity index (χ0n) is 35.9. The third-order valence-electron chi connectivity index (χ3n) is 10.6. The molecule has 13 heteroatoms. The normalized spacial score (nSPS) is 20.9. The van der Waals surface area contributed by atoms with E-state index in [9.17, 15) is 34.4 Å². The molecule has 1 aliphatic carbocycles. The fraction of sp³-hybridized carbons (Fsp3) is 0.907. The van der Waals surface area contributed by atoms with Gasteiger partial charge in [-0.3, -0.25) is 14.2 Å². The Morgan fingerprint density at radius 3 is 1.88 bits per heavy atom. The molecule has 0 amide bonds. The highest BCUT2D eigenvalue weighted by Gasteiger charge is 2.39. The molecule has 1 aliphatic rings. The molecule has 0 bridgehead atoms. The average Bonchev–Trinajstić information content (AvgIpc) is 3.40. The zero-order valence-corrected chi connectivity index (χ0v) is 36.8. The van der Waals surface area contributed by atoms with Crippen LogP contribution in [-0.2, 0) is 32.7 Å². The molecule has 3 N–H and O–H groups in total. The van der Waals surface area contributed by atoms with Gasteiger partial charge in [0.1, 0.15) is 19.8 Å². The molecule has 0 aromatic carbocycles. The summed E-state index contributed by atoms with van der Waals surface area (Å²) in [6, 6.07) is 0. The molecule has 1 rings (SSSR count). The fourth-order valence-electron chi connectivity index (χ4n) is 7.10. The lowest BCUT2D eigenvalue weighted by Gasteiger charge is -2.28. The van der Waals surface area contributed by atoms with Crippen molar-refractivity contribution in [1.29, 1.82) is 0 Å². The summed E-state index contributed by atoms with van der Waals surface area (Å²) in [5.74, 6) is -1.24. The molecule has 0 radical (unpaired) electrons. The number of phosphoric acid groups is 1. The number of esters is 2. The van der Waals surface area contributed by atoms with Crippen LogP contribution in [0.4, 0.5) is 0 Å². The van der Waals surface area contributed by atoms with Crippen molar-refractivity contribution in [2.24, 2.45) is 11.8 Å². The Bertz CT molecular complexity index is 1080. The lowest BCUT2D eigenvalue weighted by Crippen LogP contribution is -2.37. The van der Waals surface area contributed by atoms with Gasteiger partial charge in [-0.25, -0.2) is 0 Å². The van der Waals surface area contributed by atoms with E-state index in [1.807, 2.05) is 27.2 Å². The second-order valence-electron chi connectivity index (χ2n) is 17.0. The van der Waals surface area contributed by atoms with Crippen LogP contribution in [0.2, 0.25) is 0 Å². The Labute approximate surface area is 340 Å². The molecule has 0 aromatic rings. The molecule has 12 nitrogen and oxygen atoms in total. The van der Waals surface area contributed by atoms with E-state index in [0.717, 1.165) is 64.2 Å². The minimum absolute atomic E-state index is 0.0627. The lowest BCUT2D eigenvalue weighted by atomic mass is 9.88. The van der Waals surface area contributed by atoms with Crippen LogP contribution in [0.25, 0.3) is 0 Å². The molecule has 330 valence electrons. The molecule has 0 aromatic heterocycles. The van der Waals surface area contributed by atoms with Crippen LogP contribution in [0.1, 0.15) is 168 Å². The van der Waals surface area contributed by atoms with Gasteiger partial charge in [-0.2, -0.15) is 0 Å². The summed E-state index contributed by atoms with van der Waals surface area (Å²) in [4.78, 5) is 37.7. The highest BCUT2D eigenvalue weighted by molar-refractivity contribution is 7.45. The van der Waals surface area contributed by atoms with Gasteiger partial charge in [0, 0.05) is 25.2 Å². The summed E-state index contributed by atoms with van der Waals surface area (Å²) in [5, 5.41) is 31.4. The predicted molar refractivity (Wildman–Crippen MR) is 220 cm³/mol. The summed E-state index contributed by atoms with van der Waals surface area (Å²) in [7, 11) is 1.05. The van der Waals surface area contributed by atoms with E-state index in [2.05, 4.69) is 13.8 Å². The zero-order chi connectivity index (χ0) is 41.7. The molecule has 0 saturated heterocycles. The molecule has 7 atom stereocenters. The van der Waals surface area contributed by atoms with Gasteiger partial charge < -0.3 is 43.2 Å². The summed E-state index contributed by atoms with van der Waals surface area (Å²) in [6.45, 7) is 3.89. The van der Waals surface area contributed by atoms with Gasteiger partial charge in [-0.05, 0) is 31.6 Å². The molecule has 0 heterocycles. The first-order valence-corrected chi connectivity index (χ1v) is 23.6. The number of aliphatic hydroxyl groups excluding tert-OH is 3. The van der Waals surface area contributed by atoms with E-state index < -0.39 is 50.8 Å². The first-order chi connectivity index (χ1) is 26.7. The van der Waals surface area contributed by atoms with Crippen molar-refractivity contribution >= 4 is 19.8 Å². The molecule has 0 spiro atoms. The van der Waals surface area contributed by atoms with Gasteiger partial charge in [0.2, 0.25) is 0 Å². The van der Waals surface area contributed by atoms with Crippen molar-refractivity contribution in [2.75, 3.05) is 47.5 Å². The molecule has 1 unspecified atom stereocenters. The third-order valence-corrected chi connectivity index (χ3v) is 11.6. The fourth-order valence-corrected chi connectivity index (χ4v) is 7.83. The number of rotatable bonds is 36. The number of hydrogen-bond acceptors (Lipinski definition) is 11. The number of unbranched alkanes of at least 4 members (excludes halogenated alkanes) is 16. The van der Waals surface area contributed by atoms with Crippen molar-refractivity contribution in [3.05, 3.63) is 12.2 Å². The monoisotopic (exact) mass is 820 g/mol. The average molecular weight is 820 g/mol. The standard InChI is InChI=1S/C43H82NO11P/c1-6-8-10-11-12-13-14-15-16-17-18-24-28-43(49)55-37(35-54-56(50,51)53-32-31-44(3,4)5)34-52-42(48)27-23-20-19-22-26-38-39(41(47)33-40(38)46)30-29-36(45)25-21-9-7-2/h29-30,36-41,45-47H,6-28,31-35H2,1-5H3/b30-29+/t36-,37+,38+,39+,40-,41+/m0/s1. The quantitative estimate of drug-likeness (QED) is 0.0184. The number of ether oxygens (including phenoxy) is 2. The highest BCUT2D eigenvalue weighted by Crippen LogP contribution is 2.39. The Morgan fingerprint density at radius 1 is 0.750 bits per heavy atom. The summed E-state index contributed by atoms with van der Waals surface area (Å²) in [6.07, 6.45) is 23.0. The van der Waals surface area contributed by atoms with Crippen LogP contribution < -0.4 is 4.89 Å². The molecule has 56 heavy (non-hydrogen) atoms. The number of nitrogens with zero attached hydrogens (tertiary/aromatic N) is 1. The van der Waals surface area contributed by atoms with Crippen molar-refractivity contribution in [1.82, 2.24) is 0 Å². The van der Waals surface area contributed by atoms with Gasteiger partial charge in [-0.15, -0.1) is 0 Å². The number of carbonyl (C=O) groups is 2. The van der Waals surface area contributed by atoms with Crippen LogP contribution in [0.5, 0.6) is 0 Å². The second-order valence-corrected chi connectivity index (χ2v) is 18.4. The van der Waals surface area contributed by atoms with Crippen LogP contribution >= 0.6 is 7.82 Å². The third kappa shape index (κ3) is 28.1. The smallest absolute Gasteiger partial charge is 0.306 e. The summed E-state index contributed by atoms with van der Waals surface area (Å²) >= 11 is 0. The number of aliphatic hydroxyl groups is 3. The van der Waals surface area contributed by atoms with Crippen LogP contribution in [-0.4, -0.2) is 104 Å². The van der Waals surface area contributed by atoms with Gasteiger partial charge in [0.05, 0.1) is 46.1 Å². The molecular formula is C43H82NO11P. The van der Waals surface area contributed by atoms with E-state index in [1.165, 1.54) is 51.4 Å². The van der Waals surface area contributed by atoms with Crippen LogP contribution in [0.3, 0.4) is 0 Å². The van der Waals surface area contributed by atoms with Crippen LogP contribution in [0.15, 0.2) is 12.2 Å². The summed E-state index contributed by atoms with van der Waals surface area (Å²) in [5.41, 5.74) is 0. The Hall–Kier alpha value is -1.37. The molecule has 0 aliphatic heterocycles. The Kier molecular flexibility index (Phi) is 29.7. The lowest BCUT2D eigenvalue weighted by molar-refractivity contribution is -0.870.